The minimum Gasteiger partial charge on any atom is -0.342 e. The number of nitrogens with zero attached hydrogens (tertiary/aromatic N) is 1. The maximum Gasteiger partial charge on any atom is 0.146 e. The first kappa shape index (κ1) is 14.4. The molecule has 0 unspecified atom stereocenters. The number of anilines is 2. The molecular weight excluding hydrogens is 287 g/mol. The Morgan fingerprint density at radius 1 is 1.14 bits per heavy atom. The molecule has 1 N–H and O–H groups in total. The SMILES string of the molecule is CN(c1ccccc1F)c1cccc(Cl)c1CNC1CC1. The van der Waals surface area contributed by atoms with Crippen molar-refractivity contribution in [1.29, 1.82) is 0 Å². The van der Waals surface area contributed by atoms with Crippen LogP contribution in [0.25, 0.3) is 0 Å². The average Bonchev–Trinajstić information content (AvgIpc) is 3.30. The number of benzene rings is 2. The average molecular weight is 305 g/mol. The molecular formula is C17H18ClFN2. The van der Waals surface area contributed by atoms with E-state index in [0.717, 1.165) is 11.3 Å². The lowest BCUT2D eigenvalue weighted by Gasteiger charge is -2.24. The lowest BCUT2D eigenvalue weighted by atomic mass is 10.1. The maximum absolute atomic E-state index is 14.0. The van der Waals surface area contributed by atoms with E-state index in [1.165, 1.54) is 18.9 Å². The summed E-state index contributed by atoms with van der Waals surface area (Å²) in [5.74, 6) is -0.235. The first-order chi connectivity index (χ1) is 10.2. The van der Waals surface area contributed by atoms with E-state index in [2.05, 4.69) is 5.32 Å². The van der Waals surface area contributed by atoms with E-state index in [1.54, 1.807) is 12.1 Å². The van der Waals surface area contributed by atoms with E-state index in [0.29, 0.717) is 23.3 Å². The smallest absolute Gasteiger partial charge is 0.146 e. The zero-order valence-electron chi connectivity index (χ0n) is 11.9. The van der Waals surface area contributed by atoms with Gasteiger partial charge in [-0.05, 0) is 37.1 Å². The van der Waals surface area contributed by atoms with Crippen LogP contribution in [0.5, 0.6) is 0 Å². The van der Waals surface area contributed by atoms with Gasteiger partial charge in [0.05, 0.1) is 5.69 Å². The van der Waals surface area contributed by atoms with Gasteiger partial charge in [0.15, 0.2) is 0 Å². The summed E-state index contributed by atoms with van der Waals surface area (Å²) in [4.78, 5) is 1.85. The quantitative estimate of drug-likeness (QED) is 0.875. The van der Waals surface area contributed by atoms with Crippen LogP contribution in [-0.2, 0) is 6.54 Å². The molecule has 1 aliphatic carbocycles. The molecule has 2 aromatic carbocycles. The van der Waals surface area contributed by atoms with Gasteiger partial charge in [-0.15, -0.1) is 0 Å². The number of hydrogen-bond donors (Lipinski definition) is 1. The van der Waals surface area contributed by atoms with Gasteiger partial charge < -0.3 is 10.2 Å². The molecule has 0 saturated heterocycles. The fourth-order valence-corrected chi connectivity index (χ4v) is 2.66. The standard InChI is InChI=1S/C17H18ClFN2/c1-21(17-7-3-2-6-15(17)19)16-8-4-5-14(18)13(16)11-20-12-9-10-12/h2-8,12,20H,9-11H2,1H3. The van der Waals surface area contributed by atoms with Crippen LogP contribution in [0.3, 0.4) is 0 Å². The molecule has 1 fully saturated rings. The van der Waals surface area contributed by atoms with Crippen molar-refractivity contribution in [3.63, 3.8) is 0 Å². The fourth-order valence-electron chi connectivity index (χ4n) is 2.42. The van der Waals surface area contributed by atoms with Crippen molar-refractivity contribution >= 4 is 23.0 Å². The summed E-state index contributed by atoms with van der Waals surface area (Å²) < 4.78 is 14.0. The number of hydrogen-bond acceptors (Lipinski definition) is 2. The van der Waals surface area contributed by atoms with Gasteiger partial charge in [0.1, 0.15) is 5.82 Å². The zero-order valence-corrected chi connectivity index (χ0v) is 12.7. The molecule has 0 amide bonds. The molecule has 1 saturated carbocycles. The third-order valence-corrected chi connectivity index (χ3v) is 4.17. The molecule has 0 heterocycles. The van der Waals surface area contributed by atoms with Gasteiger partial charge in [-0.3, -0.25) is 0 Å². The number of nitrogens with one attached hydrogen (secondary N) is 1. The second-order valence-electron chi connectivity index (χ2n) is 5.40. The minimum atomic E-state index is -0.235. The van der Waals surface area contributed by atoms with Crippen molar-refractivity contribution in [2.45, 2.75) is 25.4 Å². The Morgan fingerprint density at radius 2 is 1.86 bits per heavy atom. The van der Waals surface area contributed by atoms with Crippen LogP contribution in [0.2, 0.25) is 5.02 Å². The molecule has 0 atom stereocenters. The van der Waals surface area contributed by atoms with Gasteiger partial charge in [-0.25, -0.2) is 4.39 Å². The number of halogens is 2. The van der Waals surface area contributed by atoms with E-state index in [-0.39, 0.29) is 5.82 Å². The van der Waals surface area contributed by atoms with E-state index in [1.807, 2.05) is 36.2 Å². The predicted octanol–water partition coefficient (Wildman–Crippen LogP) is 4.50. The molecule has 0 aromatic heterocycles. The third kappa shape index (κ3) is 3.20. The van der Waals surface area contributed by atoms with Crippen LogP contribution in [0.1, 0.15) is 18.4 Å². The van der Waals surface area contributed by atoms with E-state index in [4.69, 9.17) is 11.6 Å². The minimum absolute atomic E-state index is 0.235. The van der Waals surface area contributed by atoms with Crippen molar-refractivity contribution in [2.24, 2.45) is 0 Å². The Kier molecular flexibility index (Phi) is 4.13. The van der Waals surface area contributed by atoms with Crippen LogP contribution in [0, 0.1) is 5.82 Å². The largest absolute Gasteiger partial charge is 0.342 e. The van der Waals surface area contributed by atoms with Crippen molar-refractivity contribution < 1.29 is 4.39 Å². The van der Waals surface area contributed by atoms with Crippen molar-refractivity contribution in [3.8, 4) is 0 Å². The summed E-state index contributed by atoms with van der Waals surface area (Å²) in [7, 11) is 1.87. The van der Waals surface area contributed by atoms with Gasteiger partial charge in [-0.1, -0.05) is 29.8 Å². The predicted molar refractivity (Wildman–Crippen MR) is 85.8 cm³/mol. The van der Waals surface area contributed by atoms with Crippen LogP contribution >= 0.6 is 11.6 Å². The zero-order chi connectivity index (χ0) is 14.8. The van der Waals surface area contributed by atoms with Gasteiger partial charge in [-0.2, -0.15) is 0 Å². The first-order valence-electron chi connectivity index (χ1n) is 7.16. The Balaban J connectivity index is 1.93. The maximum atomic E-state index is 14.0. The Morgan fingerprint density at radius 3 is 2.57 bits per heavy atom. The van der Waals surface area contributed by atoms with E-state index < -0.39 is 0 Å². The van der Waals surface area contributed by atoms with Gasteiger partial charge in [0, 0.05) is 35.9 Å². The topological polar surface area (TPSA) is 15.3 Å². The van der Waals surface area contributed by atoms with Gasteiger partial charge >= 0.3 is 0 Å². The molecule has 0 radical (unpaired) electrons. The molecule has 0 spiro atoms. The Bertz CT molecular complexity index is 640. The Hall–Kier alpha value is -1.58. The summed E-state index contributed by atoms with van der Waals surface area (Å²) in [6, 6.07) is 13.1. The fraction of sp³-hybridized carbons (Fsp3) is 0.294. The van der Waals surface area contributed by atoms with Crippen molar-refractivity contribution in [1.82, 2.24) is 5.32 Å². The highest BCUT2D eigenvalue weighted by Gasteiger charge is 2.22. The normalized spacial score (nSPS) is 14.2. The van der Waals surface area contributed by atoms with Crippen LogP contribution < -0.4 is 10.2 Å². The molecule has 4 heteroatoms. The molecule has 110 valence electrons. The highest BCUT2D eigenvalue weighted by Crippen LogP contribution is 2.33. The molecule has 0 aliphatic heterocycles. The molecule has 1 aliphatic rings. The van der Waals surface area contributed by atoms with Crippen molar-refractivity contribution in [2.75, 3.05) is 11.9 Å². The molecule has 2 aromatic rings. The molecule has 21 heavy (non-hydrogen) atoms. The second-order valence-corrected chi connectivity index (χ2v) is 5.81. The first-order valence-corrected chi connectivity index (χ1v) is 7.53. The van der Waals surface area contributed by atoms with Gasteiger partial charge in [0.2, 0.25) is 0 Å². The summed E-state index contributed by atoms with van der Waals surface area (Å²) in [6.45, 7) is 0.707. The van der Waals surface area contributed by atoms with Gasteiger partial charge in [0.25, 0.3) is 0 Å². The Labute approximate surface area is 129 Å². The second kappa shape index (κ2) is 6.04. The lowest BCUT2D eigenvalue weighted by Crippen LogP contribution is -2.19. The summed E-state index contributed by atoms with van der Waals surface area (Å²) >= 11 is 6.34. The lowest BCUT2D eigenvalue weighted by molar-refractivity contribution is 0.627. The molecule has 2 nitrogen and oxygen atoms in total. The molecule has 0 bridgehead atoms. The third-order valence-electron chi connectivity index (χ3n) is 3.81. The number of para-hydroxylation sites is 1. The summed E-state index contributed by atoms with van der Waals surface area (Å²) in [5.41, 5.74) is 2.49. The van der Waals surface area contributed by atoms with Crippen LogP contribution in [0.4, 0.5) is 15.8 Å². The number of rotatable bonds is 5. The van der Waals surface area contributed by atoms with Crippen LogP contribution in [-0.4, -0.2) is 13.1 Å². The molecule has 3 rings (SSSR count). The highest BCUT2D eigenvalue weighted by atomic mass is 35.5. The van der Waals surface area contributed by atoms with E-state index in [9.17, 15) is 4.39 Å². The summed E-state index contributed by atoms with van der Waals surface area (Å²) in [6.07, 6.45) is 2.45. The van der Waals surface area contributed by atoms with E-state index >= 15 is 0 Å². The monoisotopic (exact) mass is 304 g/mol. The highest BCUT2D eigenvalue weighted by molar-refractivity contribution is 6.31. The summed E-state index contributed by atoms with van der Waals surface area (Å²) in [5, 5.41) is 4.18. The van der Waals surface area contributed by atoms with Crippen molar-refractivity contribution in [3.05, 3.63) is 58.9 Å². The van der Waals surface area contributed by atoms with Crippen LogP contribution in [0.15, 0.2) is 42.5 Å².